The minimum atomic E-state index is -3.67. The Balaban J connectivity index is 0. The van der Waals surface area contributed by atoms with E-state index in [1.807, 2.05) is 0 Å². The van der Waals surface area contributed by atoms with Gasteiger partial charge in [-0.2, -0.15) is 0 Å². The van der Waals surface area contributed by atoms with Gasteiger partial charge in [-0.3, -0.25) is 4.57 Å². The molecule has 0 aliphatic heterocycles. The van der Waals surface area contributed by atoms with Gasteiger partial charge in [-0.1, -0.05) is 6.92 Å². The van der Waals surface area contributed by atoms with Crippen molar-refractivity contribution in [2.75, 3.05) is 6.16 Å². The van der Waals surface area contributed by atoms with E-state index in [-0.39, 0.29) is 23.2 Å². The number of hydrogen-bond donors (Lipinski definition) is 2. The summed E-state index contributed by atoms with van der Waals surface area (Å²) >= 11 is 0. The summed E-state index contributed by atoms with van der Waals surface area (Å²) in [4.78, 5) is 16.3. The van der Waals surface area contributed by atoms with Gasteiger partial charge < -0.3 is 9.79 Å². The van der Waals surface area contributed by atoms with Gasteiger partial charge in [0.05, 0.1) is 0 Å². The summed E-state index contributed by atoms with van der Waals surface area (Å²) in [5.74, 6) is 0. The molecule has 0 rings (SSSR count). The molecule has 55 valence electrons. The molecular formula is C3H9CuO3P. The monoisotopic (exact) mass is 187 g/mol. The molecule has 0 saturated heterocycles. The van der Waals surface area contributed by atoms with Crippen molar-refractivity contribution in [1.29, 1.82) is 0 Å². The van der Waals surface area contributed by atoms with E-state index in [2.05, 4.69) is 0 Å². The normalized spacial score (nSPS) is 10.4. The molecule has 3 nitrogen and oxygen atoms in total. The predicted octanol–water partition coefficient (Wildman–Crippen LogP) is 0.572. The molecule has 5 heteroatoms. The zero-order valence-electron chi connectivity index (χ0n) is 4.47. The third-order valence-electron chi connectivity index (χ3n) is 0.515. The van der Waals surface area contributed by atoms with E-state index < -0.39 is 7.60 Å². The summed E-state index contributed by atoms with van der Waals surface area (Å²) in [6.45, 7) is 1.74. The largest absolute Gasteiger partial charge is 0.325 e. The Hall–Kier alpha value is 0.669. The van der Waals surface area contributed by atoms with Gasteiger partial charge in [0, 0.05) is 23.2 Å². The Bertz CT molecular complexity index is 88.5. The van der Waals surface area contributed by atoms with Crippen LogP contribution in [-0.4, -0.2) is 15.9 Å². The minimum absolute atomic E-state index is 0. The fourth-order valence-corrected chi connectivity index (χ4v) is 0.874. The molecule has 0 spiro atoms. The van der Waals surface area contributed by atoms with Gasteiger partial charge in [-0.15, -0.1) is 0 Å². The number of rotatable bonds is 2. The van der Waals surface area contributed by atoms with Crippen LogP contribution >= 0.6 is 7.60 Å². The van der Waals surface area contributed by atoms with Crippen LogP contribution < -0.4 is 0 Å². The molecule has 0 aromatic carbocycles. The molecule has 0 heterocycles. The summed E-state index contributed by atoms with van der Waals surface area (Å²) in [6, 6.07) is 0. The van der Waals surface area contributed by atoms with Gasteiger partial charge in [0.1, 0.15) is 0 Å². The van der Waals surface area contributed by atoms with Crippen molar-refractivity contribution in [2.24, 2.45) is 0 Å². The van der Waals surface area contributed by atoms with E-state index in [0.29, 0.717) is 6.42 Å². The zero-order valence-corrected chi connectivity index (χ0v) is 6.30. The van der Waals surface area contributed by atoms with Gasteiger partial charge in [-0.05, 0) is 6.42 Å². The van der Waals surface area contributed by atoms with Crippen molar-refractivity contribution < 1.29 is 31.4 Å². The molecule has 0 fully saturated rings. The Morgan fingerprint density at radius 1 is 1.50 bits per heavy atom. The van der Waals surface area contributed by atoms with E-state index >= 15 is 0 Å². The maximum atomic E-state index is 9.93. The Kier molecular flexibility index (Phi) is 6.50. The molecule has 0 unspecified atom stereocenters. The maximum absolute atomic E-state index is 9.93. The van der Waals surface area contributed by atoms with E-state index in [9.17, 15) is 4.57 Å². The quantitative estimate of drug-likeness (QED) is 0.491. The second kappa shape index (κ2) is 4.54. The molecule has 0 atom stereocenters. The van der Waals surface area contributed by atoms with Crippen LogP contribution in [0.3, 0.4) is 0 Å². The maximum Gasteiger partial charge on any atom is 0.325 e. The second-order valence-corrected chi connectivity index (χ2v) is 3.16. The summed E-state index contributed by atoms with van der Waals surface area (Å²) < 4.78 is 9.93. The summed E-state index contributed by atoms with van der Waals surface area (Å²) in [5, 5.41) is 0. The Labute approximate surface area is 59.1 Å². The van der Waals surface area contributed by atoms with Crippen LogP contribution in [0.5, 0.6) is 0 Å². The Morgan fingerprint density at radius 2 is 1.88 bits per heavy atom. The third kappa shape index (κ3) is 9.83. The van der Waals surface area contributed by atoms with Crippen LogP contribution in [0.1, 0.15) is 13.3 Å². The van der Waals surface area contributed by atoms with Crippen molar-refractivity contribution in [1.82, 2.24) is 0 Å². The second-order valence-electron chi connectivity index (χ2n) is 1.39. The van der Waals surface area contributed by atoms with Gasteiger partial charge in [0.25, 0.3) is 0 Å². The fourth-order valence-electron chi connectivity index (χ4n) is 0.291. The molecule has 1 radical (unpaired) electrons. The average Bonchev–Trinajstić information content (AvgIpc) is 1.30. The molecule has 0 bridgehead atoms. The van der Waals surface area contributed by atoms with Crippen molar-refractivity contribution in [2.45, 2.75) is 13.3 Å². The first-order chi connectivity index (χ1) is 3.06. The van der Waals surface area contributed by atoms with Crippen LogP contribution in [0.4, 0.5) is 0 Å². The molecule has 0 aromatic rings. The van der Waals surface area contributed by atoms with Gasteiger partial charge in [0.15, 0.2) is 0 Å². The van der Waals surface area contributed by atoms with E-state index in [0.717, 1.165) is 0 Å². The molecule has 0 aromatic heterocycles. The summed E-state index contributed by atoms with van der Waals surface area (Å²) in [5.41, 5.74) is 0. The Morgan fingerprint density at radius 3 is 1.88 bits per heavy atom. The molecule has 0 saturated carbocycles. The smallest absolute Gasteiger partial charge is 0.324 e. The predicted molar refractivity (Wildman–Crippen MR) is 27.2 cm³/mol. The van der Waals surface area contributed by atoms with Crippen LogP contribution in [0, 0.1) is 0 Å². The SMILES string of the molecule is CCCP(=O)(O)O.[Cu]. The molecule has 0 aliphatic rings. The average molecular weight is 188 g/mol. The van der Waals surface area contributed by atoms with Crippen molar-refractivity contribution in [3.8, 4) is 0 Å². The minimum Gasteiger partial charge on any atom is -0.324 e. The van der Waals surface area contributed by atoms with E-state index in [1.54, 1.807) is 6.92 Å². The summed E-state index contributed by atoms with van der Waals surface area (Å²) in [7, 11) is -3.67. The van der Waals surface area contributed by atoms with Crippen molar-refractivity contribution in [3.63, 3.8) is 0 Å². The fraction of sp³-hybridized carbons (Fsp3) is 1.00. The number of hydrogen-bond acceptors (Lipinski definition) is 1. The van der Waals surface area contributed by atoms with Gasteiger partial charge in [0.2, 0.25) is 0 Å². The van der Waals surface area contributed by atoms with E-state index in [1.165, 1.54) is 0 Å². The van der Waals surface area contributed by atoms with Crippen molar-refractivity contribution in [3.05, 3.63) is 0 Å². The summed E-state index contributed by atoms with van der Waals surface area (Å²) in [6.07, 6.45) is 0.553. The standard InChI is InChI=1S/C3H9O3P.Cu/c1-2-3-7(4,5)6;/h2-3H2,1H3,(H2,4,5,6);. The molecule has 8 heavy (non-hydrogen) atoms. The van der Waals surface area contributed by atoms with Crippen LogP contribution in [0.15, 0.2) is 0 Å². The third-order valence-corrected chi connectivity index (χ3v) is 1.54. The molecular weight excluding hydrogens is 179 g/mol. The first-order valence-electron chi connectivity index (χ1n) is 2.11. The van der Waals surface area contributed by atoms with Crippen LogP contribution in [0.25, 0.3) is 0 Å². The van der Waals surface area contributed by atoms with Crippen LogP contribution in [-0.2, 0) is 21.6 Å². The van der Waals surface area contributed by atoms with E-state index in [4.69, 9.17) is 9.79 Å². The van der Waals surface area contributed by atoms with Crippen molar-refractivity contribution >= 4 is 7.60 Å². The first kappa shape index (κ1) is 11.5. The first-order valence-corrected chi connectivity index (χ1v) is 3.90. The molecule has 2 N–H and O–H groups in total. The zero-order chi connectivity index (χ0) is 5.91. The molecule has 0 aliphatic carbocycles. The van der Waals surface area contributed by atoms with Crippen LogP contribution in [0.2, 0.25) is 0 Å². The van der Waals surface area contributed by atoms with Gasteiger partial charge in [-0.25, -0.2) is 0 Å². The topological polar surface area (TPSA) is 57.5 Å². The molecule has 0 amide bonds. The van der Waals surface area contributed by atoms with Gasteiger partial charge >= 0.3 is 7.60 Å².